The predicted molar refractivity (Wildman–Crippen MR) is 54.4 cm³/mol. The maximum Gasteiger partial charge on any atom is 0.334 e. The van der Waals surface area contributed by atoms with Gasteiger partial charge in [0.15, 0.2) is 0 Å². The molecule has 0 aromatic rings. The van der Waals surface area contributed by atoms with Crippen LogP contribution in [0, 0.1) is 0 Å². The molecule has 0 saturated heterocycles. The number of nitrogens with two attached hydrogens (primary N) is 1. The molecule has 80 valence electrons. The first-order chi connectivity index (χ1) is 6.18. The second-order valence-electron chi connectivity index (χ2n) is 2.97. The SMILES string of the molecule is CCO[Si](C)(CCCON)OCC. The second kappa shape index (κ2) is 7.46. The van der Waals surface area contributed by atoms with Crippen molar-refractivity contribution in [3.05, 3.63) is 0 Å². The fraction of sp³-hybridized carbons (Fsp3) is 1.00. The van der Waals surface area contributed by atoms with Gasteiger partial charge in [0.2, 0.25) is 0 Å². The molecule has 0 aliphatic heterocycles. The molecule has 0 fully saturated rings. The van der Waals surface area contributed by atoms with Gasteiger partial charge >= 0.3 is 8.56 Å². The Morgan fingerprint density at radius 3 is 2.08 bits per heavy atom. The molecule has 0 unspecified atom stereocenters. The Bertz CT molecular complexity index is 118. The molecule has 0 atom stereocenters. The van der Waals surface area contributed by atoms with Crippen LogP contribution in [0.25, 0.3) is 0 Å². The van der Waals surface area contributed by atoms with Gasteiger partial charge in [0.05, 0.1) is 6.61 Å². The lowest BCUT2D eigenvalue weighted by Gasteiger charge is -2.25. The summed E-state index contributed by atoms with van der Waals surface area (Å²) in [6.45, 7) is 8.06. The Morgan fingerprint density at radius 1 is 1.15 bits per heavy atom. The molecule has 0 radical (unpaired) electrons. The van der Waals surface area contributed by atoms with Gasteiger partial charge in [0, 0.05) is 13.2 Å². The standard InChI is InChI=1S/C8H21NO3Si/c1-4-11-13(3,12-5-2)8-6-7-10-9/h4-9H2,1-3H3. The van der Waals surface area contributed by atoms with Gasteiger partial charge in [-0.2, -0.15) is 0 Å². The van der Waals surface area contributed by atoms with Crippen LogP contribution in [0.15, 0.2) is 0 Å². The van der Waals surface area contributed by atoms with Crippen molar-refractivity contribution >= 4 is 8.56 Å². The average molecular weight is 207 g/mol. The molecule has 0 spiro atoms. The molecule has 2 N–H and O–H groups in total. The van der Waals surface area contributed by atoms with Crippen molar-refractivity contribution in [2.24, 2.45) is 5.90 Å². The van der Waals surface area contributed by atoms with E-state index in [1.165, 1.54) is 0 Å². The molecule has 0 aromatic heterocycles. The smallest absolute Gasteiger partial charge is 0.334 e. The molecular formula is C8H21NO3Si. The molecule has 0 heterocycles. The summed E-state index contributed by atoms with van der Waals surface area (Å²) in [4.78, 5) is 4.50. The van der Waals surface area contributed by atoms with Crippen LogP contribution in [0.5, 0.6) is 0 Å². The highest BCUT2D eigenvalue weighted by atomic mass is 28.4. The van der Waals surface area contributed by atoms with E-state index in [1.54, 1.807) is 0 Å². The van der Waals surface area contributed by atoms with Crippen LogP contribution in [-0.4, -0.2) is 28.4 Å². The first-order valence-electron chi connectivity index (χ1n) is 4.78. The van der Waals surface area contributed by atoms with Crippen molar-refractivity contribution in [1.29, 1.82) is 0 Å². The summed E-state index contributed by atoms with van der Waals surface area (Å²) in [7, 11) is -1.92. The van der Waals surface area contributed by atoms with Crippen molar-refractivity contribution in [1.82, 2.24) is 0 Å². The zero-order valence-electron chi connectivity index (χ0n) is 8.84. The quantitative estimate of drug-likeness (QED) is 0.371. The third-order valence-corrected chi connectivity index (χ3v) is 4.85. The highest BCUT2D eigenvalue weighted by Gasteiger charge is 2.29. The lowest BCUT2D eigenvalue weighted by atomic mass is 10.5. The zero-order chi connectivity index (χ0) is 10.2. The number of hydrogen-bond donors (Lipinski definition) is 1. The van der Waals surface area contributed by atoms with Crippen molar-refractivity contribution in [2.45, 2.75) is 32.9 Å². The molecule has 0 amide bonds. The molecule has 0 bridgehead atoms. The first-order valence-corrected chi connectivity index (χ1v) is 7.30. The summed E-state index contributed by atoms with van der Waals surface area (Å²) in [5.74, 6) is 4.94. The van der Waals surface area contributed by atoms with Gasteiger partial charge in [0.1, 0.15) is 0 Å². The van der Waals surface area contributed by atoms with E-state index in [4.69, 9.17) is 14.7 Å². The van der Waals surface area contributed by atoms with E-state index < -0.39 is 8.56 Å². The summed E-state index contributed by atoms with van der Waals surface area (Å²) < 4.78 is 11.3. The zero-order valence-corrected chi connectivity index (χ0v) is 9.84. The molecule has 0 aromatic carbocycles. The highest BCUT2D eigenvalue weighted by molar-refractivity contribution is 6.66. The lowest BCUT2D eigenvalue weighted by Crippen LogP contribution is -2.38. The van der Waals surface area contributed by atoms with Gasteiger partial charge in [-0.3, -0.25) is 0 Å². The summed E-state index contributed by atoms with van der Waals surface area (Å²) in [5, 5.41) is 0. The van der Waals surface area contributed by atoms with Gasteiger partial charge in [-0.05, 0) is 32.9 Å². The molecule has 0 rings (SSSR count). The van der Waals surface area contributed by atoms with Crippen LogP contribution in [-0.2, 0) is 13.7 Å². The van der Waals surface area contributed by atoms with Crippen molar-refractivity contribution in [3.63, 3.8) is 0 Å². The minimum absolute atomic E-state index is 0.572. The van der Waals surface area contributed by atoms with Gasteiger partial charge in [-0.25, -0.2) is 5.90 Å². The number of rotatable bonds is 8. The summed E-state index contributed by atoms with van der Waals surface area (Å²) >= 11 is 0. The maximum atomic E-state index is 5.64. The molecular weight excluding hydrogens is 186 g/mol. The Balaban J connectivity index is 3.76. The molecule has 0 aliphatic rings. The maximum absolute atomic E-state index is 5.64. The lowest BCUT2D eigenvalue weighted by molar-refractivity contribution is 0.132. The van der Waals surface area contributed by atoms with Crippen molar-refractivity contribution in [2.75, 3.05) is 19.8 Å². The normalized spacial score (nSPS) is 12.0. The van der Waals surface area contributed by atoms with E-state index in [-0.39, 0.29) is 0 Å². The van der Waals surface area contributed by atoms with E-state index in [9.17, 15) is 0 Å². The van der Waals surface area contributed by atoms with E-state index in [1.807, 2.05) is 13.8 Å². The first kappa shape index (κ1) is 13.1. The van der Waals surface area contributed by atoms with Crippen LogP contribution in [0.3, 0.4) is 0 Å². The Hall–Kier alpha value is 0.0569. The van der Waals surface area contributed by atoms with Crippen LogP contribution < -0.4 is 5.90 Å². The van der Waals surface area contributed by atoms with Gasteiger partial charge in [0.25, 0.3) is 0 Å². The Kier molecular flexibility index (Phi) is 7.49. The molecule has 0 saturated carbocycles. The minimum Gasteiger partial charge on any atom is -0.395 e. The van der Waals surface area contributed by atoms with Crippen LogP contribution >= 0.6 is 0 Å². The fourth-order valence-electron chi connectivity index (χ4n) is 1.27. The highest BCUT2D eigenvalue weighted by Crippen LogP contribution is 2.15. The van der Waals surface area contributed by atoms with E-state index >= 15 is 0 Å². The van der Waals surface area contributed by atoms with Crippen molar-refractivity contribution in [3.8, 4) is 0 Å². The van der Waals surface area contributed by atoms with Crippen LogP contribution in [0.4, 0.5) is 0 Å². The number of hydrogen-bond acceptors (Lipinski definition) is 4. The molecule has 4 nitrogen and oxygen atoms in total. The van der Waals surface area contributed by atoms with E-state index in [2.05, 4.69) is 11.4 Å². The largest absolute Gasteiger partial charge is 0.395 e. The minimum atomic E-state index is -1.92. The monoisotopic (exact) mass is 207 g/mol. The molecule has 0 aliphatic carbocycles. The Labute approximate surface area is 81.6 Å². The van der Waals surface area contributed by atoms with Crippen molar-refractivity contribution < 1.29 is 13.7 Å². The third kappa shape index (κ3) is 6.17. The molecule has 13 heavy (non-hydrogen) atoms. The summed E-state index contributed by atoms with van der Waals surface area (Å²) in [6, 6.07) is 0.936. The second-order valence-corrected chi connectivity index (χ2v) is 6.32. The van der Waals surface area contributed by atoms with Gasteiger partial charge in [-0.1, -0.05) is 0 Å². The summed E-state index contributed by atoms with van der Waals surface area (Å²) in [6.07, 6.45) is 0.902. The fourth-order valence-corrected chi connectivity index (χ4v) is 3.65. The summed E-state index contributed by atoms with van der Waals surface area (Å²) in [5.41, 5.74) is 0. The van der Waals surface area contributed by atoms with Crippen LogP contribution in [0.2, 0.25) is 12.6 Å². The van der Waals surface area contributed by atoms with E-state index in [0.717, 1.165) is 12.5 Å². The predicted octanol–water partition coefficient (Wildman–Crippen LogP) is 1.41. The van der Waals surface area contributed by atoms with E-state index in [0.29, 0.717) is 19.8 Å². The average Bonchev–Trinajstić information content (AvgIpc) is 2.05. The van der Waals surface area contributed by atoms with Crippen LogP contribution in [0.1, 0.15) is 20.3 Å². The molecule has 5 heteroatoms. The third-order valence-electron chi connectivity index (χ3n) is 1.79. The van der Waals surface area contributed by atoms with Gasteiger partial charge in [-0.15, -0.1) is 0 Å². The topological polar surface area (TPSA) is 53.7 Å². The Morgan fingerprint density at radius 2 is 1.69 bits per heavy atom. The van der Waals surface area contributed by atoms with Gasteiger partial charge < -0.3 is 13.7 Å².